The molecule has 0 aromatic heterocycles. The molecule has 3 atom stereocenters. The molecule has 130 valence electrons. The predicted octanol–water partition coefficient (Wildman–Crippen LogP) is 4.33. The van der Waals surface area contributed by atoms with Crippen LogP contribution in [0.15, 0.2) is 30.3 Å². The third-order valence-corrected chi connectivity index (χ3v) is 6.08. The van der Waals surface area contributed by atoms with Gasteiger partial charge in [-0.25, -0.2) is 0 Å². The Morgan fingerprint density at radius 3 is 2.25 bits per heavy atom. The summed E-state index contributed by atoms with van der Waals surface area (Å²) >= 11 is 0. The van der Waals surface area contributed by atoms with E-state index in [0.29, 0.717) is 12.1 Å². The van der Waals surface area contributed by atoms with E-state index >= 15 is 0 Å². The maximum Gasteiger partial charge on any atom is 0.153 e. The second-order valence-electron chi connectivity index (χ2n) is 7.72. The van der Waals surface area contributed by atoms with E-state index in [2.05, 4.69) is 30.6 Å². The van der Waals surface area contributed by atoms with Gasteiger partial charge in [-0.3, -0.25) is 4.90 Å². The van der Waals surface area contributed by atoms with Gasteiger partial charge < -0.3 is 5.11 Å². The zero-order chi connectivity index (χ0) is 17.0. The lowest BCUT2D eigenvalue weighted by atomic mass is 9.80. The average Bonchev–Trinajstić information content (AvgIpc) is 3.13. The highest BCUT2D eigenvalue weighted by Gasteiger charge is 2.38. The summed E-state index contributed by atoms with van der Waals surface area (Å²) in [5.41, 5.74) is -0.0239. The van der Waals surface area contributed by atoms with Gasteiger partial charge in [0.1, 0.15) is 0 Å². The highest BCUT2D eigenvalue weighted by atomic mass is 16.3. The number of likely N-dealkylation sites (tertiary alicyclic amines) is 1. The Morgan fingerprint density at radius 2 is 1.62 bits per heavy atom. The maximum atomic E-state index is 11.5. The Balaban J connectivity index is 1.80. The van der Waals surface area contributed by atoms with Crippen LogP contribution in [0.1, 0.15) is 64.4 Å². The highest BCUT2D eigenvalue weighted by molar-refractivity contribution is 5.33. The van der Waals surface area contributed by atoms with Crippen molar-refractivity contribution in [3.63, 3.8) is 0 Å². The molecule has 0 unspecified atom stereocenters. The van der Waals surface area contributed by atoms with Gasteiger partial charge in [-0.2, -0.15) is 0 Å². The molecule has 1 aromatic rings. The number of aliphatic hydroxyl groups is 1. The third kappa shape index (κ3) is 3.68. The molecule has 1 saturated heterocycles. The molecule has 2 aliphatic rings. The smallest absolute Gasteiger partial charge is 0.153 e. The lowest BCUT2D eigenvalue weighted by Crippen LogP contribution is -2.44. The van der Waals surface area contributed by atoms with Gasteiger partial charge in [-0.15, -0.1) is 0 Å². The van der Waals surface area contributed by atoms with Crippen molar-refractivity contribution in [2.24, 2.45) is 5.92 Å². The van der Waals surface area contributed by atoms with Crippen LogP contribution >= 0.6 is 0 Å². The van der Waals surface area contributed by atoms with Gasteiger partial charge in [0.2, 0.25) is 0 Å². The molecular formula is C22H31NO. The molecule has 0 spiro atoms. The fraction of sp³-hybridized carbons (Fsp3) is 0.636. The van der Waals surface area contributed by atoms with Crippen LogP contribution in [-0.2, 0) is 5.60 Å². The fourth-order valence-corrected chi connectivity index (χ4v) is 4.50. The minimum absolute atomic E-state index is 0.267. The molecule has 1 aromatic carbocycles. The quantitative estimate of drug-likeness (QED) is 0.836. The van der Waals surface area contributed by atoms with Crippen molar-refractivity contribution in [1.82, 2.24) is 4.90 Å². The van der Waals surface area contributed by atoms with Gasteiger partial charge >= 0.3 is 0 Å². The standard InChI is InChI=1S/C22H31NO/c1-18-10-8-11-19(2)23(18)17-9-16-22(24,21-14-6-7-15-21)20-12-4-3-5-13-20/h3-5,12-13,18-19,21,24H,6-8,10-11,14-15,17H2,1-2H3/t18-,19-,22+/m1/s1. The highest BCUT2D eigenvalue weighted by Crippen LogP contribution is 2.40. The normalized spacial score (nSPS) is 28.1. The zero-order valence-corrected chi connectivity index (χ0v) is 15.2. The van der Waals surface area contributed by atoms with Crippen molar-refractivity contribution in [2.45, 2.75) is 76.5 Å². The summed E-state index contributed by atoms with van der Waals surface area (Å²) in [6.07, 6.45) is 8.42. The molecule has 1 saturated carbocycles. The molecule has 0 radical (unpaired) electrons. The van der Waals surface area contributed by atoms with E-state index in [0.717, 1.165) is 24.9 Å². The molecule has 2 fully saturated rings. The van der Waals surface area contributed by atoms with Crippen LogP contribution in [0.3, 0.4) is 0 Å². The van der Waals surface area contributed by atoms with Gasteiger partial charge in [-0.05, 0) is 45.1 Å². The largest absolute Gasteiger partial charge is 0.373 e. The second kappa shape index (κ2) is 7.72. The molecule has 0 bridgehead atoms. The molecule has 1 aliphatic heterocycles. The van der Waals surface area contributed by atoms with Gasteiger partial charge in [0.15, 0.2) is 5.60 Å². The number of hydrogen-bond donors (Lipinski definition) is 1. The van der Waals surface area contributed by atoms with Gasteiger partial charge in [-0.1, -0.05) is 61.4 Å². The van der Waals surface area contributed by atoms with E-state index in [1.54, 1.807) is 0 Å². The van der Waals surface area contributed by atoms with E-state index in [-0.39, 0.29) is 5.92 Å². The first kappa shape index (κ1) is 17.5. The van der Waals surface area contributed by atoms with Crippen LogP contribution in [0.4, 0.5) is 0 Å². The Kier molecular flexibility index (Phi) is 5.64. The van der Waals surface area contributed by atoms with Crippen molar-refractivity contribution in [3.8, 4) is 11.8 Å². The summed E-state index contributed by atoms with van der Waals surface area (Å²) in [6, 6.07) is 11.3. The van der Waals surface area contributed by atoms with E-state index in [1.807, 2.05) is 30.3 Å². The Bertz CT molecular complexity index is 571. The van der Waals surface area contributed by atoms with Crippen molar-refractivity contribution in [3.05, 3.63) is 35.9 Å². The zero-order valence-electron chi connectivity index (χ0n) is 15.2. The van der Waals surface area contributed by atoms with Gasteiger partial charge in [0, 0.05) is 18.0 Å². The van der Waals surface area contributed by atoms with E-state index in [9.17, 15) is 5.11 Å². The lowest BCUT2D eigenvalue weighted by Gasteiger charge is -2.37. The molecule has 2 heteroatoms. The molecule has 3 rings (SSSR count). The van der Waals surface area contributed by atoms with Crippen LogP contribution in [-0.4, -0.2) is 28.6 Å². The topological polar surface area (TPSA) is 23.5 Å². The maximum absolute atomic E-state index is 11.5. The van der Waals surface area contributed by atoms with Crippen LogP contribution in [0.5, 0.6) is 0 Å². The first-order valence-corrected chi connectivity index (χ1v) is 9.65. The SMILES string of the molecule is C[C@@H]1CCC[C@@H](C)N1CC#C[C@](O)(c1ccccc1)C1CCCC1. The summed E-state index contributed by atoms with van der Waals surface area (Å²) < 4.78 is 0. The van der Waals surface area contributed by atoms with Crippen molar-refractivity contribution in [1.29, 1.82) is 0 Å². The summed E-state index contributed by atoms with van der Waals surface area (Å²) in [7, 11) is 0. The number of rotatable bonds is 3. The third-order valence-electron chi connectivity index (χ3n) is 6.08. The molecular weight excluding hydrogens is 294 g/mol. The first-order chi connectivity index (χ1) is 11.6. The molecule has 2 nitrogen and oxygen atoms in total. The Hall–Kier alpha value is -1.30. The molecule has 1 N–H and O–H groups in total. The fourth-order valence-electron chi connectivity index (χ4n) is 4.50. The van der Waals surface area contributed by atoms with Crippen LogP contribution in [0.2, 0.25) is 0 Å². The number of benzene rings is 1. The van der Waals surface area contributed by atoms with Crippen LogP contribution in [0, 0.1) is 17.8 Å². The number of nitrogens with zero attached hydrogens (tertiary/aromatic N) is 1. The minimum atomic E-state index is -0.986. The Morgan fingerprint density at radius 1 is 1.00 bits per heavy atom. The van der Waals surface area contributed by atoms with Crippen molar-refractivity contribution < 1.29 is 5.11 Å². The first-order valence-electron chi connectivity index (χ1n) is 9.65. The molecule has 1 heterocycles. The minimum Gasteiger partial charge on any atom is -0.373 e. The summed E-state index contributed by atoms with van der Waals surface area (Å²) in [5.74, 6) is 6.93. The number of piperidine rings is 1. The lowest BCUT2D eigenvalue weighted by molar-refractivity contribution is 0.0365. The van der Waals surface area contributed by atoms with E-state index in [1.165, 1.54) is 32.1 Å². The van der Waals surface area contributed by atoms with E-state index in [4.69, 9.17) is 0 Å². The number of hydrogen-bond acceptors (Lipinski definition) is 2. The second-order valence-corrected chi connectivity index (χ2v) is 7.72. The molecule has 1 aliphatic carbocycles. The van der Waals surface area contributed by atoms with Crippen LogP contribution in [0.25, 0.3) is 0 Å². The van der Waals surface area contributed by atoms with Gasteiger partial charge in [0.25, 0.3) is 0 Å². The van der Waals surface area contributed by atoms with Crippen LogP contribution < -0.4 is 0 Å². The monoisotopic (exact) mass is 325 g/mol. The molecule has 24 heavy (non-hydrogen) atoms. The summed E-state index contributed by atoms with van der Waals surface area (Å²) in [5, 5.41) is 11.5. The molecule has 0 amide bonds. The van der Waals surface area contributed by atoms with Gasteiger partial charge in [0.05, 0.1) is 6.54 Å². The van der Waals surface area contributed by atoms with Crippen molar-refractivity contribution >= 4 is 0 Å². The average molecular weight is 325 g/mol. The van der Waals surface area contributed by atoms with Crippen molar-refractivity contribution in [2.75, 3.05) is 6.54 Å². The summed E-state index contributed by atoms with van der Waals surface area (Å²) in [6.45, 7) is 5.37. The summed E-state index contributed by atoms with van der Waals surface area (Å²) in [4.78, 5) is 2.50. The Labute approximate surface area is 147 Å². The van der Waals surface area contributed by atoms with E-state index < -0.39 is 5.60 Å². The predicted molar refractivity (Wildman–Crippen MR) is 99.6 cm³/mol.